The van der Waals surface area contributed by atoms with Crippen molar-refractivity contribution in [2.24, 2.45) is 5.73 Å². The molecule has 0 aliphatic rings. The number of nitrogens with two attached hydrogens (primary N) is 1. The largest absolute Gasteiger partial charge is 0.330 e. The zero-order valence-electron chi connectivity index (χ0n) is 4.93. The summed E-state index contributed by atoms with van der Waals surface area (Å²) in [5.41, 5.74) is 5.23. The van der Waals surface area contributed by atoms with E-state index in [1.165, 1.54) is 17.4 Å². The molecular formula is C6H8FNS. The van der Waals surface area contributed by atoms with Gasteiger partial charge in [0.1, 0.15) is 5.82 Å². The molecule has 0 atom stereocenters. The second kappa shape index (κ2) is 2.94. The summed E-state index contributed by atoms with van der Waals surface area (Å²) < 4.78 is 12.5. The molecule has 0 spiro atoms. The highest BCUT2D eigenvalue weighted by Crippen LogP contribution is 2.14. The molecule has 0 fully saturated rings. The van der Waals surface area contributed by atoms with Gasteiger partial charge in [-0.25, -0.2) is 4.39 Å². The van der Waals surface area contributed by atoms with Crippen LogP contribution in [-0.2, 0) is 6.42 Å². The van der Waals surface area contributed by atoms with Crippen molar-refractivity contribution in [3.05, 3.63) is 22.1 Å². The van der Waals surface area contributed by atoms with E-state index in [4.69, 9.17) is 5.73 Å². The average molecular weight is 145 g/mol. The fourth-order valence-corrected chi connectivity index (χ4v) is 1.40. The first kappa shape index (κ1) is 6.71. The average Bonchev–Trinajstić information content (AvgIpc) is 2.18. The minimum atomic E-state index is -0.120. The standard InChI is InChI=1S/C6H8FNS/c7-5-2-4-9-6(5)1-3-8/h2,4H,1,3,8H2. The van der Waals surface area contributed by atoms with Crippen LogP contribution in [0.1, 0.15) is 4.88 Å². The van der Waals surface area contributed by atoms with Gasteiger partial charge in [-0.2, -0.15) is 0 Å². The van der Waals surface area contributed by atoms with Crippen molar-refractivity contribution in [2.75, 3.05) is 6.54 Å². The second-order valence-electron chi connectivity index (χ2n) is 1.73. The highest BCUT2D eigenvalue weighted by molar-refractivity contribution is 7.09. The fourth-order valence-electron chi connectivity index (χ4n) is 0.635. The molecule has 0 saturated carbocycles. The molecule has 0 aliphatic heterocycles. The summed E-state index contributed by atoms with van der Waals surface area (Å²) in [6.45, 7) is 0.525. The highest BCUT2D eigenvalue weighted by Gasteiger charge is 1.99. The first-order valence-electron chi connectivity index (χ1n) is 2.76. The van der Waals surface area contributed by atoms with E-state index in [1.807, 2.05) is 0 Å². The Kier molecular flexibility index (Phi) is 2.19. The smallest absolute Gasteiger partial charge is 0.137 e. The molecule has 0 aromatic carbocycles. The molecule has 1 nitrogen and oxygen atoms in total. The summed E-state index contributed by atoms with van der Waals surface area (Å²) in [7, 11) is 0. The number of rotatable bonds is 2. The maximum atomic E-state index is 12.5. The Hall–Kier alpha value is -0.410. The maximum Gasteiger partial charge on any atom is 0.137 e. The van der Waals surface area contributed by atoms with Crippen molar-refractivity contribution < 1.29 is 4.39 Å². The summed E-state index contributed by atoms with van der Waals surface area (Å²) >= 11 is 1.42. The van der Waals surface area contributed by atoms with Crippen LogP contribution >= 0.6 is 11.3 Å². The normalized spacial score (nSPS) is 10.0. The molecule has 9 heavy (non-hydrogen) atoms. The van der Waals surface area contributed by atoms with Crippen LogP contribution in [-0.4, -0.2) is 6.54 Å². The van der Waals surface area contributed by atoms with Gasteiger partial charge in [0.25, 0.3) is 0 Å². The molecule has 0 aliphatic carbocycles. The topological polar surface area (TPSA) is 26.0 Å². The van der Waals surface area contributed by atoms with E-state index in [0.717, 1.165) is 4.88 Å². The van der Waals surface area contributed by atoms with Crippen LogP contribution in [0, 0.1) is 5.82 Å². The first-order chi connectivity index (χ1) is 4.34. The molecule has 1 heterocycles. The molecule has 1 aromatic heterocycles. The Morgan fingerprint density at radius 3 is 2.89 bits per heavy atom. The van der Waals surface area contributed by atoms with Gasteiger partial charge in [-0.1, -0.05) is 0 Å². The van der Waals surface area contributed by atoms with Gasteiger partial charge in [-0.05, 0) is 24.4 Å². The quantitative estimate of drug-likeness (QED) is 0.668. The zero-order valence-corrected chi connectivity index (χ0v) is 5.75. The highest BCUT2D eigenvalue weighted by atomic mass is 32.1. The third-order valence-electron chi connectivity index (χ3n) is 1.06. The summed E-state index contributed by atoms with van der Waals surface area (Å²) in [5, 5.41) is 1.74. The van der Waals surface area contributed by atoms with E-state index in [-0.39, 0.29) is 5.82 Å². The maximum absolute atomic E-state index is 12.5. The molecule has 0 bridgehead atoms. The van der Waals surface area contributed by atoms with Crippen LogP contribution < -0.4 is 5.73 Å². The van der Waals surface area contributed by atoms with Gasteiger partial charge in [0, 0.05) is 4.88 Å². The predicted molar refractivity (Wildman–Crippen MR) is 37.0 cm³/mol. The lowest BCUT2D eigenvalue weighted by Gasteiger charge is -1.89. The van der Waals surface area contributed by atoms with E-state index in [0.29, 0.717) is 13.0 Å². The molecular weight excluding hydrogens is 137 g/mol. The lowest BCUT2D eigenvalue weighted by Crippen LogP contribution is -2.01. The third kappa shape index (κ3) is 1.50. The van der Waals surface area contributed by atoms with Gasteiger partial charge in [0.15, 0.2) is 0 Å². The fraction of sp³-hybridized carbons (Fsp3) is 0.333. The minimum Gasteiger partial charge on any atom is -0.330 e. The number of halogens is 1. The molecule has 1 aromatic rings. The zero-order chi connectivity index (χ0) is 6.69. The predicted octanol–water partition coefficient (Wildman–Crippen LogP) is 1.39. The Morgan fingerprint density at radius 2 is 2.44 bits per heavy atom. The van der Waals surface area contributed by atoms with Crippen molar-refractivity contribution in [3.8, 4) is 0 Å². The van der Waals surface area contributed by atoms with Crippen LogP contribution in [0.4, 0.5) is 4.39 Å². The molecule has 0 saturated heterocycles. The first-order valence-corrected chi connectivity index (χ1v) is 3.64. The van der Waals surface area contributed by atoms with E-state index in [2.05, 4.69) is 0 Å². The lowest BCUT2D eigenvalue weighted by atomic mass is 10.3. The van der Waals surface area contributed by atoms with Crippen LogP contribution in [0.5, 0.6) is 0 Å². The molecule has 50 valence electrons. The van der Waals surface area contributed by atoms with Crippen molar-refractivity contribution in [1.29, 1.82) is 0 Å². The van der Waals surface area contributed by atoms with Gasteiger partial charge >= 0.3 is 0 Å². The molecule has 0 radical (unpaired) electrons. The van der Waals surface area contributed by atoms with E-state index >= 15 is 0 Å². The molecule has 0 unspecified atom stereocenters. The van der Waals surface area contributed by atoms with Crippen LogP contribution in [0.25, 0.3) is 0 Å². The third-order valence-corrected chi connectivity index (χ3v) is 2.02. The summed E-state index contributed by atoms with van der Waals surface area (Å²) in [5.74, 6) is -0.120. The van der Waals surface area contributed by atoms with Crippen molar-refractivity contribution in [1.82, 2.24) is 0 Å². The monoisotopic (exact) mass is 145 g/mol. The Morgan fingerprint density at radius 1 is 1.67 bits per heavy atom. The number of hydrogen-bond acceptors (Lipinski definition) is 2. The number of thiophene rings is 1. The van der Waals surface area contributed by atoms with Gasteiger partial charge in [-0.3, -0.25) is 0 Å². The molecule has 2 N–H and O–H groups in total. The Balaban J connectivity index is 2.69. The van der Waals surface area contributed by atoms with Gasteiger partial charge < -0.3 is 5.73 Å². The summed E-state index contributed by atoms with van der Waals surface area (Å²) in [6, 6.07) is 1.47. The van der Waals surface area contributed by atoms with Crippen molar-refractivity contribution >= 4 is 11.3 Å². The van der Waals surface area contributed by atoms with E-state index in [1.54, 1.807) is 5.38 Å². The van der Waals surface area contributed by atoms with Gasteiger partial charge in [0.05, 0.1) is 0 Å². The molecule has 3 heteroatoms. The van der Waals surface area contributed by atoms with Crippen LogP contribution in [0.15, 0.2) is 11.4 Å². The lowest BCUT2D eigenvalue weighted by molar-refractivity contribution is 0.618. The molecule has 1 rings (SSSR count). The molecule has 0 amide bonds. The van der Waals surface area contributed by atoms with Gasteiger partial charge in [-0.15, -0.1) is 11.3 Å². The number of hydrogen-bond donors (Lipinski definition) is 1. The van der Waals surface area contributed by atoms with Crippen LogP contribution in [0.3, 0.4) is 0 Å². The van der Waals surface area contributed by atoms with Crippen LogP contribution in [0.2, 0.25) is 0 Å². The summed E-state index contributed by atoms with van der Waals surface area (Å²) in [4.78, 5) is 0.762. The summed E-state index contributed by atoms with van der Waals surface area (Å²) in [6.07, 6.45) is 0.656. The Bertz CT molecular complexity index is 185. The Labute approximate surface area is 57.3 Å². The van der Waals surface area contributed by atoms with Crippen molar-refractivity contribution in [3.63, 3.8) is 0 Å². The van der Waals surface area contributed by atoms with Crippen molar-refractivity contribution in [2.45, 2.75) is 6.42 Å². The van der Waals surface area contributed by atoms with Gasteiger partial charge in [0.2, 0.25) is 0 Å². The van der Waals surface area contributed by atoms with E-state index in [9.17, 15) is 4.39 Å². The van der Waals surface area contributed by atoms with E-state index < -0.39 is 0 Å². The minimum absolute atomic E-state index is 0.120. The SMILES string of the molecule is NCCc1sccc1F. The second-order valence-corrected chi connectivity index (χ2v) is 2.73.